The highest BCUT2D eigenvalue weighted by molar-refractivity contribution is 7.80. The minimum atomic E-state index is -1.08. The molecule has 1 aromatic carbocycles. The van der Waals surface area contributed by atoms with Crippen LogP contribution in [0.3, 0.4) is 0 Å². The fourth-order valence-electron chi connectivity index (χ4n) is 2.70. The molecule has 30 heavy (non-hydrogen) atoms. The van der Waals surface area contributed by atoms with Crippen LogP contribution in [-0.2, 0) is 16.0 Å². The first-order chi connectivity index (χ1) is 14.5. The first-order valence-electron chi connectivity index (χ1n) is 9.03. The zero-order valence-corrected chi connectivity index (χ0v) is 18.4. The molecule has 1 saturated heterocycles. The number of nitrogens with zero attached hydrogens (tertiary/aromatic N) is 2. The molecule has 0 aliphatic carbocycles. The molecule has 2 N–H and O–H groups in total. The Morgan fingerprint density at radius 2 is 2.17 bits per heavy atom. The van der Waals surface area contributed by atoms with E-state index < -0.39 is 17.0 Å². The molecule has 6 nitrogen and oxygen atoms in total. The van der Waals surface area contributed by atoms with Gasteiger partial charge in [0.05, 0.1) is 21.6 Å². The van der Waals surface area contributed by atoms with Crippen LogP contribution in [0.25, 0.3) is 10.6 Å². The summed E-state index contributed by atoms with van der Waals surface area (Å²) < 4.78 is 29.2. The highest BCUT2D eigenvalue weighted by Crippen LogP contribution is 2.33. The van der Waals surface area contributed by atoms with Crippen LogP contribution in [0.2, 0.25) is 5.02 Å². The lowest BCUT2D eigenvalue weighted by Crippen LogP contribution is -2.41. The van der Waals surface area contributed by atoms with E-state index in [2.05, 4.69) is 27.2 Å². The van der Waals surface area contributed by atoms with E-state index in [0.717, 1.165) is 23.5 Å². The fraction of sp³-hybridized carbons (Fsp3) is 0.200. The number of rotatable bonds is 4. The van der Waals surface area contributed by atoms with Crippen LogP contribution in [-0.4, -0.2) is 33.5 Å². The average Bonchev–Trinajstić information content (AvgIpc) is 3.24. The highest BCUT2D eigenvalue weighted by atomic mass is 35.5. The van der Waals surface area contributed by atoms with Gasteiger partial charge in [0.2, 0.25) is 6.41 Å². The van der Waals surface area contributed by atoms with Crippen molar-refractivity contribution < 1.29 is 13.4 Å². The number of carbonyl (C=O) groups is 1. The molecule has 0 radical (unpaired) electrons. The van der Waals surface area contributed by atoms with Crippen LogP contribution in [0.15, 0.2) is 54.7 Å². The monoisotopic (exact) mass is 466 g/mol. The predicted molar refractivity (Wildman–Crippen MR) is 120 cm³/mol. The van der Waals surface area contributed by atoms with Crippen LogP contribution in [0.1, 0.15) is 17.3 Å². The smallest absolute Gasteiger partial charge is 0.211 e. The van der Waals surface area contributed by atoms with Crippen molar-refractivity contribution in [3.8, 4) is 10.6 Å². The SMILES string of the molecule is CN1CC[C@@H](c2ccc(-c3ccccn3)s2)NS1=O.O=CNc1ccc(F)c(Cl)c1. The number of carbonyl (C=O) groups excluding carboxylic acids is 1. The number of thiophene rings is 1. The summed E-state index contributed by atoms with van der Waals surface area (Å²) in [5.74, 6) is -0.497. The van der Waals surface area contributed by atoms with Crippen molar-refractivity contribution in [1.29, 1.82) is 0 Å². The maximum absolute atomic E-state index is 12.5. The van der Waals surface area contributed by atoms with E-state index in [4.69, 9.17) is 11.6 Å². The van der Waals surface area contributed by atoms with Crippen LogP contribution in [0, 0.1) is 5.82 Å². The van der Waals surface area contributed by atoms with Crippen LogP contribution >= 0.6 is 22.9 Å². The molecular weight excluding hydrogens is 447 g/mol. The van der Waals surface area contributed by atoms with Crippen LogP contribution < -0.4 is 10.0 Å². The standard InChI is InChI=1S/C13H15N3OS2.C7H5ClFNO/c1-16-9-7-11(15-19(16)17)13-6-5-12(18-13)10-4-2-3-8-14-10;8-6-3-5(10-4-11)1-2-7(6)9/h2-6,8,11,15H,7,9H2,1H3;1-4H,(H,10,11)/t11-,19?;/m0./s1. The minimum absolute atomic E-state index is 0.00292. The van der Waals surface area contributed by atoms with Gasteiger partial charge in [0.25, 0.3) is 0 Å². The van der Waals surface area contributed by atoms with Gasteiger partial charge in [-0.05, 0) is 48.9 Å². The Balaban J connectivity index is 0.000000199. The first-order valence-corrected chi connectivity index (χ1v) is 11.3. The van der Waals surface area contributed by atoms with E-state index in [0.29, 0.717) is 12.1 Å². The lowest BCUT2D eigenvalue weighted by atomic mass is 10.2. The molecule has 1 amide bonds. The van der Waals surface area contributed by atoms with Gasteiger partial charge in [-0.15, -0.1) is 11.3 Å². The van der Waals surface area contributed by atoms with E-state index in [9.17, 15) is 13.4 Å². The Hall–Kier alpha value is -2.17. The molecule has 0 saturated carbocycles. The molecule has 4 rings (SSSR count). The Kier molecular flexibility index (Phi) is 8.06. The second-order valence-corrected chi connectivity index (χ2v) is 9.25. The van der Waals surface area contributed by atoms with Crippen molar-refractivity contribution in [2.45, 2.75) is 12.5 Å². The van der Waals surface area contributed by atoms with Crippen molar-refractivity contribution in [2.24, 2.45) is 0 Å². The van der Waals surface area contributed by atoms with E-state index >= 15 is 0 Å². The third-order valence-electron chi connectivity index (χ3n) is 4.29. The molecule has 0 spiro atoms. The normalized spacial score (nSPS) is 18.9. The van der Waals surface area contributed by atoms with Crippen molar-refractivity contribution >= 4 is 46.2 Å². The minimum Gasteiger partial charge on any atom is -0.329 e. The predicted octanol–water partition coefficient (Wildman–Crippen LogP) is 4.40. The topological polar surface area (TPSA) is 74.3 Å². The van der Waals surface area contributed by atoms with E-state index in [1.54, 1.807) is 17.5 Å². The van der Waals surface area contributed by atoms with Gasteiger partial charge in [-0.3, -0.25) is 9.78 Å². The van der Waals surface area contributed by atoms with Gasteiger partial charge in [-0.1, -0.05) is 17.7 Å². The second kappa shape index (κ2) is 10.7. The van der Waals surface area contributed by atoms with E-state index in [-0.39, 0.29) is 11.1 Å². The zero-order valence-electron chi connectivity index (χ0n) is 16.0. The average molecular weight is 467 g/mol. The summed E-state index contributed by atoms with van der Waals surface area (Å²) in [6.45, 7) is 0.848. The van der Waals surface area contributed by atoms with Gasteiger partial charge in [0, 0.05) is 30.4 Å². The number of aromatic nitrogens is 1. The number of nitrogens with one attached hydrogen (secondary N) is 2. The lowest BCUT2D eigenvalue weighted by Gasteiger charge is -2.28. The number of anilines is 1. The molecule has 3 aromatic rings. The van der Waals surface area contributed by atoms with Gasteiger partial charge in [-0.25, -0.2) is 17.6 Å². The third kappa shape index (κ3) is 5.93. The molecule has 1 fully saturated rings. The molecule has 2 atom stereocenters. The van der Waals surface area contributed by atoms with Crippen molar-refractivity contribution in [3.63, 3.8) is 0 Å². The fourth-order valence-corrected chi connectivity index (χ4v) is 4.97. The summed E-state index contributed by atoms with van der Waals surface area (Å²) >= 11 is 6.06. The summed E-state index contributed by atoms with van der Waals surface area (Å²) in [6, 6.07) is 14.2. The molecule has 2 aromatic heterocycles. The Bertz CT molecular complexity index is 1020. The van der Waals surface area contributed by atoms with Gasteiger partial charge in [0.15, 0.2) is 11.2 Å². The van der Waals surface area contributed by atoms with Gasteiger partial charge in [0.1, 0.15) is 5.82 Å². The summed E-state index contributed by atoms with van der Waals surface area (Å²) in [6.07, 6.45) is 3.28. The molecule has 3 heterocycles. The summed E-state index contributed by atoms with van der Waals surface area (Å²) in [5, 5.41) is 2.34. The number of benzene rings is 1. The summed E-state index contributed by atoms with van der Waals surface area (Å²) in [4.78, 5) is 16.7. The third-order valence-corrected chi connectivity index (χ3v) is 7.04. The maximum atomic E-state index is 12.5. The van der Waals surface area contributed by atoms with Crippen LogP contribution in [0.4, 0.5) is 10.1 Å². The molecular formula is C20H20ClFN4O2S2. The largest absolute Gasteiger partial charge is 0.329 e. The van der Waals surface area contributed by atoms with Crippen molar-refractivity contribution in [3.05, 3.63) is 70.4 Å². The van der Waals surface area contributed by atoms with Crippen molar-refractivity contribution in [1.82, 2.24) is 14.0 Å². The molecule has 0 bridgehead atoms. The highest BCUT2D eigenvalue weighted by Gasteiger charge is 2.24. The number of halogens is 2. The Labute approximate surface area is 185 Å². The number of amides is 1. The second-order valence-electron chi connectivity index (χ2n) is 6.37. The quantitative estimate of drug-likeness (QED) is 0.559. The summed E-state index contributed by atoms with van der Waals surface area (Å²) in [7, 11) is 1.87. The number of hydrogen-bond donors (Lipinski definition) is 2. The number of hydrogen-bond acceptors (Lipinski definition) is 4. The molecule has 1 aliphatic heterocycles. The molecule has 1 unspecified atom stereocenters. The van der Waals surface area contributed by atoms with Gasteiger partial charge in [-0.2, -0.15) is 0 Å². The van der Waals surface area contributed by atoms with Gasteiger partial charge >= 0.3 is 0 Å². The van der Waals surface area contributed by atoms with E-state index in [1.807, 2.05) is 29.6 Å². The molecule has 1 aliphatic rings. The summed E-state index contributed by atoms with van der Waals surface area (Å²) in [5.41, 5.74) is 1.47. The van der Waals surface area contributed by atoms with Crippen molar-refractivity contribution in [2.75, 3.05) is 18.9 Å². The lowest BCUT2D eigenvalue weighted by molar-refractivity contribution is -0.105. The number of pyridine rings is 1. The van der Waals surface area contributed by atoms with Crippen LogP contribution in [0.5, 0.6) is 0 Å². The Morgan fingerprint density at radius 3 is 2.83 bits per heavy atom. The Morgan fingerprint density at radius 1 is 1.33 bits per heavy atom. The van der Waals surface area contributed by atoms with E-state index in [1.165, 1.54) is 23.1 Å². The zero-order chi connectivity index (χ0) is 21.5. The maximum Gasteiger partial charge on any atom is 0.211 e. The molecule has 10 heteroatoms. The first kappa shape index (κ1) is 22.5. The molecule has 158 valence electrons. The van der Waals surface area contributed by atoms with Gasteiger partial charge < -0.3 is 5.32 Å².